The number of hydrogen-bond donors (Lipinski definition) is 1. The molecule has 0 radical (unpaired) electrons. The van der Waals surface area contributed by atoms with Crippen molar-refractivity contribution in [1.29, 1.82) is 0 Å². The third kappa shape index (κ3) is 3.16. The van der Waals surface area contributed by atoms with Gasteiger partial charge in [-0.2, -0.15) is 0 Å². The first-order valence-electron chi connectivity index (χ1n) is 6.21. The Hall–Kier alpha value is -2.23. The van der Waals surface area contributed by atoms with Crippen molar-refractivity contribution in [2.45, 2.75) is 6.54 Å². The number of rotatable bonds is 5. The van der Waals surface area contributed by atoms with Crippen molar-refractivity contribution in [3.63, 3.8) is 0 Å². The number of aromatic nitrogens is 1. The van der Waals surface area contributed by atoms with Crippen molar-refractivity contribution < 1.29 is 4.74 Å². The van der Waals surface area contributed by atoms with Crippen molar-refractivity contribution in [1.82, 2.24) is 4.98 Å². The molecule has 1 aromatic heterocycles. The Morgan fingerprint density at radius 1 is 1.26 bits per heavy atom. The van der Waals surface area contributed by atoms with Gasteiger partial charge in [0.05, 0.1) is 12.8 Å². The molecule has 1 aromatic carbocycles. The minimum Gasteiger partial charge on any atom is -0.495 e. The van der Waals surface area contributed by atoms with E-state index in [4.69, 9.17) is 4.74 Å². The Balaban J connectivity index is 2.18. The van der Waals surface area contributed by atoms with Crippen molar-refractivity contribution in [3.8, 4) is 5.75 Å². The van der Waals surface area contributed by atoms with Gasteiger partial charge in [0, 0.05) is 26.8 Å². The zero-order valence-corrected chi connectivity index (χ0v) is 11.6. The van der Waals surface area contributed by atoms with E-state index in [0.29, 0.717) is 0 Å². The maximum absolute atomic E-state index is 5.38. The summed E-state index contributed by atoms with van der Waals surface area (Å²) in [6, 6.07) is 12.1. The van der Waals surface area contributed by atoms with Crippen LogP contribution in [0.25, 0.3) is 0 Å². The second-order valence-electron chi connectivity index (χ2n) is 4.33. The number of anilines is 2. The van der Waals surface area contributed by atoms with Crippen molar-refractivity contribution in [3.05, 3.63) is 48.2 Å². The third-order valence-electron chi connectivity index (χ3n) is 3.00. The zero-order chi connectivity index (χ0) is 13.7. The van der Waals surface area contributed by atoms with Crippen LogP contribution in [-0.4, -0.2) is 26.2 Å². The summed E-state index contributed by atoms with van der Waals surface area (Å²) in [6.45, 7) is 0.803. The quantitative estimate of drug-likeness (QED) is 0.893. The zero-order valence-electron chi connectivity index (χ0n) is 11.6. The number of hydrogen-bond acceptors (Lipinski definition) is 4. The summed E-state index contributed by atoms with van der Waals surface area (Å²) in [5.41, 5.74) is 2.28. The Labute approximate surface area is 114 Å². The highest BCUT2D eigenvalue weighted by molar-refractivity contribution is 5.58. The van der Waals surface area contributed by atoms with Crippen LogP contribution in [0.3, 0.4) is 0 Å². The van der Waals surface area contributed by atoms with Gasteiger partial charge < -0.3 is 15.0 Å². The number of para-hydroxylation sites is 2. The lowest BCUT2D eigenvalue weighted by Crippen LogP contribution is -2.17. The fraction of sp³-hybridized carbons (Fsp3) is 0.267. The summed E-state index contributed by atoms with van der Waals surface area (Å²) in [5.74, 6) is 1.76. The molecular formula is C15H19N3O. The van der Waals surface area contributed by atoms with Gasteiger partial charge in [0.25, 0.3) is 0 Å². The predicted molar refractivity (Wildman–Crippen MR) is 78.9 cm³/mol. The maximum atomic E-state index is 5.38. The summed E-state index contributed by atoms with van der Waals surface area (Å²) in [4.78, 5) is 6.38. The molecule has 0 atom stereocenters. The van der Waals surface area contributed by atoms with Gasteiger partial charge in [0.15, 0.2) is 0 Å². The first-order valence-corrected chi connectivity index (χ1v) is 6.21. The molecule has 0 spiro atoms. The van der Waals surface area contributed by atoms with Gasteiger partial charge >= 0.3 is 0 Å². The van der Waals surface area contributed by atoms with E-state index < -0.39 is 0 Å². The fourth-order valence-corrected chi connectivity index (χ4v) is 2.01. The highest BCUT2D eigenvalue weighted by atomic mass is 16.5. The van der Waals surface area contributed by atoms with Crippen molar-refractivity contribution >= 4 is 11.5 Å². The van der Waals surface area contributed by atoms with Crippen LogP contribution in [-0.2, 0) is 6.54 Å². The summed E-state index contributed by atoms with van der Waals surface area (Å²) < 4.78 is 5.38. The van der Waals surface area contributed by atoms with Crippen LogP contribution in [0.4, 0.5) is 11.5 Å². The minimum absolute atomic E-state index is 0.803. The molecule has 1 heterocycles. The maximum Gasteiger partial charge on any atom is 0.142 e. The molecule has 4 heteroatoms. The first kappa shape index (κ1) is 13.2. The van der Waals surface area contributed by atoms with E-state index in [-0.39, 0.29) is 0 Å². The Kier molecular flexibility index (Phi) is 4.23. The number of benzene rings is 1. The number of nitrogens with one attached hydrogen (secondary N) is 1. The average molecular weight is 257 g/mol. The monoisotopic (exact) mass is 257 g/mol. The highest BCUT2D eigenvalue weighted by Crippen LogP contribution is 2.27. The molecule has 0 saturated carbocycles. The molecule has 1 N–H and O–H groups in total. The van der Waals surface area contributed by atoms with E-state index in [9.17, 15) is 0 Å². The summed E-state index contributed by atoms with van der Waals surface area (Å²) in [5, 5.41) is 3.05. The van der Waals surface area contributed by atoms with Crippen LogP contribution >= 0.6 is 0 Å². The number of pyridine rings is 1. The van der Waals surface area contributed by atoms with Crippen LogP contribution in [0, 0.1) is 0 Å². The van der Waals surface area contributed by atoms with Gasteiger partial charge in [-0.05, 0) is 29.8 Å². The second kappa shape index (κ2) is 6.09. The Bertz CT molecular complexity index is 542. The van der Waals surface area contributed by atoms with E-state index >= 15 is 0 Å². The normalized spacial score (nSPS) is 10.1. The molecule has 0 aliphatic heterocycles. The fourth-order valence-electron chi connectivity index (χ4n) is 2.01. The topological polar surface area (TPSA) is 37.4 Å². The second-order valence-corrected chi connectivity index (χ2v) is 4.33. The number of methoxy groups -OCH3 is 1. The summed E-state index contributed by atoms with van der Waals surface area (Å²) in [7, 11) is 5.62. The number of ether oxygens (including phenoxy) is 1. The SMILES string of the molecule is CNc1cc(CN(C)c2ccccc2OC)ccn1. The predicted octanol–water partition coefficient (Wildman–Crippen LogP) is 2.77. The lowest BCUT2D eigenvalue weighted by Gasteiger charge is -2.21. The number of nitrogens with zero attached hydrogens (tertiary/aromatic N) is 2. The molecular weight excluding hydrogens is 238 g/mol. The molecule has 19 heavy (non-hydrogen) atoms. The summed E-state index contributed by atoms with van der Waals surface area (Å²) >= 11 is 0. The minimum atomic E-state index is 0.803. The highest BCUT2D eigenvalue weighted by Gasteiger charge is 2.08. The van der Waals surface area contributed by atoms with Gasteiger partial charge in [-0.3, -0.25) is 0 Å². The van der Waals surface area contributed by atoms with E-state index in [0.717, 1.165) is 23.8 Å². The van der Waals surface area contributed by atoms with Gasteiger partial charge in [-0.1, -0.05) is 12.1 Å². The van der Waals surface area contributed by atoms with Crippen LogP contribution < -0.4 is 15.0 Å². The molecule has 0 bridgehead atoms. The molecule has 2 rings (SSSR count). The van der Waals surface area contributed by atoms with E-state index in [1.807, 2.05) is 43.6 Å². The molecule has 0 fully saturated rings. The Morgan fingerprint density at radius 3 is 2.79 bits per heavy atom. The molecule has 0 aliphatic carbocycles. The third-order valence-corrected chi connectivity index (χ3v) is 3.00. The van der Waals surface area contributed by atoms with Gasteiger partial charge in [-0.15, -0.1) is 0 Å². The smallest absolute Gasteiger partial charge is 0.142 e. The van der Waals surface area contributed by atoms with Crippen LogP contribution in [0.2, 0.25) is 0 Å². The van der Waals surface area contributed by atoms with Crippen molar-refractivity contribution in [2.75, 3.05) is 31.4 Å². The lowest BCUT2D eigenvalue weighted by molar-refractivity contribution is 0.415. The molecule has 4 nitrogen and oxygen atoms in total. The van der Waals surface area contributed by atoms with Crippen molar-refractivity contribution in [2.24, 2.45) is 0 Å². The lowest BCUT2D eigenvalue weighted by atomic mass is 10.2. The van der Waals surface area contributed by atoms with Crippen LogP contribution in [0.5, 0.6) is 5.75 Å². The molecule has 0 amide bonds. The van der Waals surface area contributed by atoms with Crippen LogP contribution in [0.1, 0.15) is 5.56 Å². The molecule has 0 aliphatic rings. The Morgan fingerprint density at radius 2 is 2.05 bits per heavy atom. The van der Waals surface area contributed by atoms with E-state index in [2.05, 4.69) is 28.3 Å². The first-order chi connectivity index (χ1) is 9.24. The van der Waals surface area contributed by atoms with Crippen LogP contribution in [0.15, 0.2) is 42.6 Å². The summed E-state index contributed by atoms with van der Waals surface area (Å²) in [6.07, 6.45) is 1.82. The van der Waals surface area contributed by atoms with Gasteiger partial charge in [0.1, 0.15) is 11.6 Å². The molecule has 0 unspecified atom stereocenters. The van der Waals surface area contributed by atoms with Gasteiger partial charge in [0.2, 0.25) is 0 Å². The standard InChI is InChI=1S/C15H19N3O/c1-16-15-10-12(8-9-17-15)11-18(2)13-6-4-5-7-14(13)19-3/h4-10H,11H2,1-3H3,(H,16,17). The largest absolute Gasteiger partial charge is 0.495 e. The van der Waals surface area contributed by atoms with E-state index in [1.54, 1.807) is 7.11 Å². The molecule has 100 valence electrons. The molecule has 2 aromatic rings. The average Bonchev–Trinajstić information content (AvgIpc) is 2.47. The van der Waals surface area contributed by atoms with E-state index in [1.165, 1.54) is 5.56 Å². The van der Waals surface area contributed by atoms with Gasteiger partial charge in [-0.25, -0.2) is 4.98 Å². The molecule has 0 saturated heterocycles.